The minimum atomic E-state index is -0.799. The van der Waals surface area contributed by atoms with E-state index in [-0.39, 0.29) is 6.04 Å². The van der Waals surface area contributed by atoms with Crippen molar-refractivity contribution in [3.63, 3.8) is 0 Å². The molecule has 1 aliphatic rings. The Morgan fingerprint density at radius 2 is 1.94 bits per heavy atom. The van der Waals surface area contributed by atoms with E-state index in [2.05, 4.69) is 5.32 Å². The molecule has 0 spiro atoms. The van der Waals surface area contributed by atoms with Crippen LogP contribution in [0.2, 0.25) is 0 Å². The number of ether oxygens (including phenoxy) is 1. The molecule has 1 aromatic rings. The Morgan fingerprint density at radius 1 is 1.24 bits per heavy atom. The van der Waals surface area contributed by atoms with Crippen LogP contribution in [0.4, 0.5) is 8.78 Å². The summed E-state index contributed by atoms with van der Waals surface area (Å²) in [5.74, 6) is -1.59. The van der Waals surface area contributed by atoms with Crippen molar-refractivity contribution in [1.29, 1.82) is 0 Å². The normalized spacial score (nSPS) is 19.2. The van der Waals surface area contributed by atoms with Gasteiger partial charge in [-0.2, -0.15) is 0 Å². The maximum atomic E-state index is 13.1. The van der Waals surface area contributed by atoms with Crippen molar-refractivity contribution in [2.75, 3.05) is 13.2 Å². The lowest BCUT2D eigenvalue weighted by molar-refractivity contribution is 0.0754. The molecule has 4 heteroatoms. The highest BCUT2D eigenvalue weighted by molar-refractivity contribution is 5.20. The van der Waals surface area contributed by atoms with Crippen molar-refractivity contribution in [1.82, 2.24) is 5.32 Å². The van der Waals surface area contributed by atoms with Crippen molar-refractivity contribution in [3.05, 3.63) is 35.4 Å². The molecule has 1 aromatic carbocycles. The minimum absolute atomic E-state index is 0.0215. The zero-order valence-corrected chi connectivity index (χ0v) is 9.88. The highest BCUT2D eigenvalue weighted by Crippen LogP contribution is 2.18. The fourth-order valence-corrected chi connectivity index (χ4v) is 2.10. The van der Waals surface area contributed by atoms with Crippen LogP contribution in [0.5, 0.6) is 0 Å². The number of rotatable bonds is 3. The van der Waals surface area contributed by atoms with Gasteiger partial charge in [-0.25, -0.2) is 8.78 Å². The van der Waals surface area contributed by atoms with Crippen LogP contribution in [-0.4, -0.2) is 19.3 Å². The summed E-state index contributed by atoms with van der Waals surface area (Å²) in [6, 6.07) is 4.47. The van der Waals surface area contributed by atoms with Gasteiger partial charge in [-0.15, -0.1) is 0 Å². The average Bonchev–Trinajstić information content (AvgIpc) is 2.34. The summed E-state index contributed by atoms with van der Waals surface area (Å²) in [5.41, 5.74) is 0.774. The lowest BCUT2D eigenvalue weighted by atomic mass is 10.0. The van der Waals surface area contributed by atoms with E-state index in [0.717, 1.165) is 31.6 Å². The molecule has 1 atom stereocenters. The second kappa shape index (κ2) is 5.56. The van der Waals surface area contributed by atoms with E-state index in [9.17, 15) is 8.78 Å². The van der Waals surface area contributed by atoms with Gasteiger partial charge in [0.1, 0.15) is 0 Å². The lowest BCUT2D eigenvalue weighted by Gasteiger charge is -2.27. The van der Waals surface area contributed by atoms with Crippen LogP contribution in [0.15, 0.2) is 18.2 Å². The molecule has 17 heavy (non-hydrogen) atoms. The van der Waals surface area contributed by atoms with Gasteiger partial charge < -0.3 is 10.1 Å². The molecule has 1 fully saturated rings. The third-order valence-corrected chi connectivity index (χ3v) is 3.15. The van der Waals surface area contributed by atoms with Crippen LogP contribution < -0.4 is 5.32 Å². The molecule has 0 saturated carbocycles. The van der Waals surface area contributed by atoms with E-state index in [1.165, 1.54) is 12.1 Å². The van der Waals surface area contributed by atoms with E-state index in [0.29, 0.717) is 6.04 Å². The zero-order valence-electron chi connectivity index (χ0n) is 9.88. The fourth-order valence-electron chi connectivity index (χ4n) is 2.10. The number of hydrogen-bond donors (Lipinski definition) is 1. The standard InChI is InChI=1S/C13H17F2NO/c1-9(16-11-4-6-17-7-5-11)10-2-3-12(14)13(15)8-10/h2-3,8-9,11,16H,4-7H2,1H3. The smallest absolute Gasteiger partial charge is 0.159 e. The Morgan fingerprint density at radius 3 is 2.59 bits per heavy atom. The SMILES string of the molecule is CC(NC1CCOCC1)c1ccc(F)c(F)c1. The van der Waals surface area contributed by atoms with Crippen molar-refractivity contribution >= 4 is 0 Å². The maximum Gasteiger partial charge on any atom is 0.159 e. The van der Waals surface area contributed by atoms with Gasteiger partial charge in [-0.1, -0.05) is 6.07 Å². The Bertz CT molecular complexity index is 378. The summed E-state index contributed by atoms with van der Waals surface area (Å²) in [6.45, 7) is 3.49. The number of hydrogen-bond acceptors (Lipinski definition) is 2. The van der Waals surface area contributed by atoms with E-state index in [1.54, 1.807) is 6.07 Å². The van der Waals surface area contributed by atoms with E-state index in [1.807, 2.05) is 6.92 Å². The molecule has 2 rings (SSSR count). The van der Waals surface area contributed by atoms with Gasteiger partial charge in [0.15, 0.2) is 11.6 Å². The largest absolute Gasteiger partial charge is 0.381 e. The van der Waals surface area contributed by atoms with Crippen molar-refractivity contribution in [3.8, 4) is 0 Å². The van der Waals surface area contributed by atoms with E-state index >= 15 is 0 Å². The average molecular weight is 241 g/mol. The lowest BCUT2D eigenvalue weighted by Crippen LogP contribution is -2.36. The maximum absolute atomic E-state index is 13.1. The molecular formula is C13H17F2NO. The molecule has 0 amide bonds. The van der Waals surface area contributed by atoms with Crippen LogP contribution in [0.1, 0.15) is 31.4 Å². The van der Waals surface area contributed by atoms with Crippen molar-refractivity contribution < 1.29 is 13.5 Å². The van der Waals surface area contributed by atoms with Crippen molar-refractivity contribution in [2.24, 2.45) is 0 Å². The van der Waals surface area contributed by atoms with Gasteiger partial charge >= 0.3 is 0 Å². The summed E-state index contributed by atoms with van der Waals surface area (Å²) in [4.78, 5) is 0. The highest BCUT2D eigenvalue weighted by atomic mass is 19.2. The van der Waals surface area contributed by atoms with Gasteiger partial charge in [-0.05, 0) is 37.5 Å². The zero-order chi connectivity index (χ0) is 12.3. The second-order valence-corrected chi connectivity index (χ2v) is 4.45. The van der Waals surface area contributed by atoms with Gasteiger partial charge in [0.25, 0.3) is 0 Å². The number of benzene rings is 1. The fraction of sp³-hybridized carbons (Fsp3) is 0.538. The molecule has 0 bridgehead atoms. The third-order valence-electron chi connectivity index (χ3n) is 3.15. The van der Waals surface area contributed by atoms with Crippen LogP contribution in [0.25, 0.3) is 0 Å². The molecular weight excluding hydrogens is 224 g/mol. The van der Waals surface area contributed by atoms with Gasteiger partial charge in [0, 0.05) is 25.3 Å². The Kier molecular flexibility index (Phi) is 4.07. The molecule has 0 aliphatic carbocycles. The molecule has 0 aromatic heterocycles. The molecule has 1 N–H and O–H groups in total. The Hall–Kier alpha value is -1.00. The first-order valence-corrected chi connectivity index (χ1v) is 5.95. The Balaban J connectivity index is 1.98. The van der Waals surface area contributed by atoms with E-state index < -0.39 is 11.6 Å². The summed E-state index contributed by atoms with van der Waals surface area (Å²) in [5, 5.41) is 3.41. The first-order chi connectivity index (χ1) is 8.16. The molecule has 1 unspecified atom stereocenters. The van der Waals surface area contributed by atoms with Crippen LogP contribution in [-0.2, 0) is 4.74 Å². The van der Waals surface area contributed by atoms with Crippen molar-refractivity contribution in [2.45, 2.75) is 31.8 Å². The molecule has 2 nitrogen and oxygen atoms in total. The third kappa shape index (κ3) is 3.23. The monoisotopic (exact) mass is 241 g/mol. The van der Waals surface area contributed by atoms with Crippen LogP contribution in [0.3, 0.4) is 0 Å². The van der Waals surface area contributed by atoms with Gasteiger partial charge in [-0.3, -0.25) is 0 Å². The minimum Gasteiger partial charge on any atom is -0.381 e. The first-order valence-electron chi connectivity index (χ1n) is 5.95. The molecule has 94 valence electrons. The second-order valence-electron chi connectivity index (χ2n) is 4.45. The van der Waals surface area contributed by atoms with Crippen LogP contribution in [0, 0.1) is 11.6 Å². The first kappa shape index (κ1) is 12.5. The van der Waals surface area contributed by atoms with Gasteiger partial charge in [0.2, 0.25) is 0 Å². The number of nitrogens with one attached hydrogen (secondary N) is 1. The number of halogens is 2. The highest BCUT2D eigenvalue weighted by Gasteiger charge is 2.17. The molecule has 1 saturated heterocycles. The molecule has 0 radical (unpaired) electrons. The molecule has 1 heterocycles. The topological polar surface area (TPSA) is 21.3 Å². The van der Waals surface area contributed by atoms with Crippen LogP contribution >= 0.6 is 0 Å². The summed E-state index contributed by atoms with van der Waals surface area (Å²) in [6.07, 6.45) is 1.93. The summed E-state index contributed by atoms with van der Waals surface area (Å²) >= 11 is 0. The molecule has 1 aliphatic heterocycles. The van der Waals surface area contributed by atoms with Gasteiger partial charge in [0.05, 0.1) is 0 Å². The predicted octanol–water partition coefficient (Wildman–Crippen LogP) is 2.79. The quantitative estimate of drug-likeness (QED) is 0.878. The predicted molar refractivity (Wildman–Crippen MR) is 61.7 cm³/mol. The summed E-state index contributed by atoms with van der Waals surface area (Å²) in [7, 11) is 0. The Labute approximate surface area is 100.0 Å². The van der Waals surface area contributed by atoms with E-state index in [4.69, 9.17) is 4.74 Å². The summed E-state index contributed by atoms with van der Waals surface area (Å²) < 4.78 is 31.2.